The fourth-order valence-electron chi connectivity index (χ4n) is 1.32. The third-order valence-corrected chi connectivity index (χ3v) is 1.88. The molecular weight excluding hydrogens is 209 g/mol. The second-order valence-electron chi connectivity index (χ2n) is 3.14. The predicted octanol–water partition coefficient (Wildman–Crippen LogP) is 1.46. The highest BCUT2D eigenvalue weighted by molar-refractivity contribution is 5.82. The molecule has 1 heterocycles. The van der Waals surface area contributed by atoms with Crippen molar-refractivity contribution < 1.29 is 26.7 Å². The number of halogens is 5. The molecule has 0 unspecified atom stereocenters. The van der Waals surface area contributed by atoms with E-state index in [1.165, 1.54) is 0 Å². The van der Waals surface area contributed by atoms with Gasteiger partial charge in [0.1, 0.15) is 12.3 Å². The summed E-state index contributed by atoms with van der Waals surface area (Å²) in [5.74, 6) is -2.18. The van der Waals surface area contributed by atoms with E-state index in [2.05, 4.69) is 0 Å². The molecular formula is C7H8F5NO. The van der Waals surface area contributed by atoms with Gasteiger partial charge in [0.15, 0.2) is 0 Å². The monoisotopic (exact) mass is 217 g/mol. The van der Waals surface area contributed by atoms with Crippen molar-refractivity contribution in [3.63, 3.8) is 0 Å². The Labute approximate surface area is 76.7 Å². The number of amides is 1. The molecule has 7 heteroatoms. The standard InChI is InChI=1S/C7H8F5NO/c8-4-1-5(9)3-13(2-4)6(14)7(10,11)12/h4-5H,1-3H2/t4-,5+. The Morgan fingerprint density at radius 2 is 1.57 bits per heavy atom. The maximum absolute atomic E-state index is 12.6. The zero-order chi connectivity index (χ0) is 10.9. The van der Waals surface area contributed by atoms with E-state index < -0.39 is 43.9 Å². The molecule has 0 N–H and O–H groups in total. The summed E-state index contributed by atoms with van der Waals surface area (Å²) in [6.45, 7) is -1.36. The Morgan fingerprint density at radius 1 is 1.14 bits per heavy atom. The van der Waals surface area contributed by atoms with Crippen molar-refractivity contribution in [2.45, 2.75) is 24.9 Å². The first-order valence-corrected chi connectivity index (χ1v) is 3.95. The van der Waals surface area contributed by atoms with Crippen LogP contribution in [0, 0.1) is 0 Å². The number of alkyl halides is 5. The van der Waals surface area contributed by atoms with Crippen molar-refractivity contribution in [1.29, 1.82) is 0 Å². The second-order valence-corrected chi connectivity index (χ2v) is 3.14. The fourth-order valence-corrected chi connectivity index (χ4v) is 1.32. The maximum Gasteiger partial charge on any atom is 0.471 e. The van der Waals surface area contributed by atoms with Crippen LogP contribution in [0.5, 0.6) is 0 Å². The van der Waals surface area contributed by atoms with E-state index in [1.54, 1.807) is 0 Å². The largest absolute Gasteiger partial charge is 0.471 e. The average molecular weight is 217 g/mol. The Bertz CT molecular complexity index is 219. The molecule has 0 aliphatic carbocycles. The molecule has 0 radical (unpaired) electrons. The molecule has 2 nitrogen and oxygen atoms in total. The summed E-state index contributed by atoms with van der Waals surface area (Å²) < 4.78 is 60.8. The first-order chi connectivity index (χ1) is 6.30. The van der Waals surface area contributed by atoms with Gasteiger partial charge in [0.25, 0.3) is 0 Å². The molecule has 1 aliphatic rings. The summed E-state index contributed by atoms with van der Waals surface area (Å²) in [5, 5.41) is 0. The quantitative estimate of drug-likeness (QED) is 0.562. The summed E-state index contributed by atoms with van der Waals surface area (Å²) >= 11 is 0. The van der Waals surface area contributed by atoms with Crippen molar-refractivity contribution in [3.8, 4) is 0 Å². The van der Waals surface area contributed by atoms with Gasteiger partial charge in [-0.1, -0.05) is 0 Å². The summed E-state index contributed by atoms with van der Waals surface area (Å²) in [7, 11) is 0. The molecule has 0 aromatic carbocycles. The predicted molar refractivity (Wildman–Crippen MR) is 37.0 cm³/mol. The summed E-state index contributed by atoms with van der Waals surface area (Å²) in [6.07, 6.45) is -8.94. The SMILES string of the molecule is O=C(N1C[C@H](F)C[C@H](F)C1)C(F)(F)F. The summed E-state index contributed by atoms with van der Waals surface area (Å²) in [5.41, 5.74) is 0. The summed E-state index contributed by atoms with van der Waals surface area (Å²) in [4.78, 5) is 10.7. The number of piperidine rings is 1. The minimum absolute atomic E-state index is 0.166. The third kappa shape index (κ3) is 2.55. The van der Waals surface area contributed by atoms with Crippen molar-refractivity contribution in [2.75, 3.05) is 13.1 Å². The molecule has 82 valence electrons. The lowest BCUT2D eigenvalue weighted by Gasteiger charge is -2.31. The van der Waals surface area contributed by atoms with Crippen molar-refractivity contribution >= 4 is 5.91 Å². The van der Waals surface area contributed by atoms with E-state index in [0.717, 1.165) is 0 Å². The zero-order valence-corrected chi connectivity index (χ0v) is 7.02. The highest BCUT2D eigenvalue weighted by atomic mass is 19.4. The first kappa shape index (κ1) is 11.2. The van der Waals surface area contributed by atoms with Gasteiger partial charge in [0, 0.05) is 6.42 Å². The van der Waals surface area contributed by atoms with Crippen LogP contribution in [0.4, 0.5) is 22.0 Å². The smallest absolute Gasteiger partial charge is 0.329 e. The van der Waals surface area contributed by atoms with E-state index in [0.29, 0.717) is 0 Å². The molecule has 0 saturated carbocycles. The molecule has 1 rings (SSSR count). The molecule has 2 atom stereocenters. The lowest BCUT2D eigenvalue weighted by molar-refractivity contribution is -0.188. The topological polar surface area (TPSA) is 20.3 Å². The number of carbonyl (C=O) groups is 1. The number of rotatable bonds is 0. The lowest BCUT2D eigenvalue weighted by atomic mass is 10.1. The molecule has 0 bridgehead atoms. The van der Waals surface area contributed by atoms with Gasteiger partial charge in [-0.2, -0.15) is 13.2 Å². The van der Waals surface area contributed by atoms with Crippen molar-refractivity contribution in [1.82, 2.24) is 4.90 Å². The highest BCUT2D eigenvalue weighted by Crippen LogP contribution is 2.23. The van der Waals surface area contributed by atoms with Gasteiger partial charge in [-0.3, -0.25) is 4.79 Å². The number of hydrogen-bond acceptors (Lipinski definition) is 1. The van der Waals surface area contributed by atoms with Gasteiger partial charge in [-0.15, -0.1) is 0 Å². The third-order valence-electron chi connectivity index (χ3n) is 1.88. The van der Waals surface area contributed by atoms with E-state index in [9.17, 15) is 26.7 Å². The maximum atomic E-state index is 12.6. The molecule has 0 aromatic rings. The van der Waals surface area contributed by atoms with Crippen LogP contribution in [0.2, 0.25) is 0 Å². The average Bonchev–Trinajstić information content (AvgIpc) is 1.99. The Kier molecular flexibility index (Phi) is 2.96. The number of carbonyl (C=O) groups excluding carboxylic acids is 1. The summed E-state index contributed by atoms with van der Waals surface area (Å²) in [6, 6.07) is 0. The van der Waals surface area contributed by atoms with E-state index in [-0.39, 0.29) is 4.90 Å². The molecule has 1 saturated heterocycles. The van der Waals surface area contributed by atoms with Crippen molar-refractivity contribution in [2.24, 2.45) is 0 Å². The van der Waals surface area contributed by atoms with Crippen LogP contribution >= 0.6 is 0 Å². The van der Waals surface area contributed by atoms with Gasteiger partial charge >= 0.3 is 12.1 Å². The van der Waals surface area contributed by atoms with Crippen LogP contribution in [0.1, 0.15) is 6.42 Å². The number of likely N-dealkylation sites (tertiary alicyclic amines) is 1. The van der Waals surface area contributed by atoms with Gasteiger partial charge in [0.05, 0.1) is 13.1 Å². The van der Waals surface area contributed by atoms with Crippen LogP contribution in [-0.2, 0) is 4.79 Å². The minimum atomic E-state index is -5.06. The Balaban J connectivity index is 2.64. The number of hydrogen-bond donors (Lipinski definition) is 0. The Morgan fingerprint density at radius 3 is 1.93 bits per heavy atom. The zero-order valence-electron chi connectivity index (χ0n) is 7.02. The fraction of sp³-hybridized carbons (Fsp3) is 0.857. The van der Waals surface area contributed by atoms with E-state index in [1.807, 2.05) is 0 Å². The van der Waals surface area contributed by atoms with Crippen LogP contribution in [-0.4, -0.2) is 42.4 Å². The van der Waals surface area contributed by atoms with Gasteiger partial charge in [-0.05, 0) is 0 Å². The van der Waals surface area contributed by atoms with Crippen molar-refractivity contribution in [3.05, 3.63) is 0 Å². The van der Waals surface area contributed by atoms with Gasteiger partial charge < -0.3 is 4.90 Å². The van der Waals surface area contributed by atoms with Crippen LogP contribution < -0.4 is 0 Å². The lowest BCUT2D eigenvalue weighted by Crippen LogP contribution is -2.50. The molecule has 0 aromatic heterocycles. The van der Waals surface area contributed by atoms with Crippen LogP contribution in [0.3, 0.4) is 0 Å². The molecule has 0 spiro atoms. The van der Waals surface area contributed by atoms with Gasteiger partial charge in [0.2, 0.25) is 0 Å². The first-order valence-electron chi connectivity index (χ1n) is 3.95. The van der Waals surface area contributed by atoms with E-state index in [4.69, 9.17) is 0 Å². The van der Waals surface area contributed by atoms with Crippen LogP contribution in [0.25, 0.3) is 0 Å². The Hall–Kier alpha value is -0.880. The van der Waals surface area contributed by atoms with Gasteiger partial charge in [-0.25, -0.2) is 8.78 Å². The molecule has 1 amide bonds. The minimum Gasteiger partial charge on any atom is -0.329 e. The molecule has 14 heavy (non-hydrogen) atoms. The normalized spacial score (nSPS) is 29.1. The van der Waals surface area contributed by atoms with E-state index >= 15 is 0 Å². The molecule has 1 aliphatic heterocycles. The second kappa shape index (κ2) is 3.70. The molecule has 1 fully saturated rings. The highest BCUT2D eigenvalue weighted by Gasteiger charge is 2.45. The number of nitrogens with zero attached hydrogens (tertiary/aromatic N) is 1. The van der Waals surface area contributed by atoms with Crippen LogP contribution in [0.15, 0.2) is 0 Å².